The Bertz CT molecular complexity index is 1190. The summed E-state index contributed by atoms with van der Waals surface area (Å²) in [6.45, 7) is 2.65. The zero-order valence-corrected chi connectivity index (χ0v) is 20.0. The Balaban J connectivity index is 1.45. The Morgan fingerprint density at radius 3 is 2.09 bits per heavy atom. The number of hydrogen-bond acceptors (Lipinski definition) is 3. The molecule has 0 saturated carbocycles. The highest BCUT2D eigenvalue weighted by Crippen LogP contribution is 2.27. The lowest BCUT2D eigenvalue weighted by molar-refractivity contribution is -0.126. The van der Waals surface area contributed by atoms with Gasteiger partial charge >= 0.3 is 0 Å². The summed E-state index contributed by atoms with van der Waals surface area (Å²) in [4.78, 5) is 13.4. The number of amides is 1. The zero-order valence-electron chi connectivity index (χ0n) is 18.4. The van der Waals surface area contributed by atoms with E-state index in [9.17, 15) is 13.2 Å². The second-order valence-corrected chi connectivity index (χ2v) is 10.8. The molecule has 0 bridgehead atoms. The van der Waals surface area contributed by atoms with E-state index < -0.39 is 10.0 Å². The number of halogens is 1. The third-order valence-corrected chi connectivity index (χ3v) is 8.27. The second kappa shape index (κ2) is 10.1. The van der Waals surface area contributed by atoms with Crippen molar-refractivity contribution < 1.29 is 13.2 Å². The summed E-state index contributed by atoms with van der Waals surface area (Å²) < 4.78 is 27.3. The molecule has 1 N–H and O–H groups in total. The van der Waals surface area contributed by atoms with Crippen LogP contribution in [0.4, 0.5) is 0 Å². The SMILES string of the molecule is Cc1ccc([C@H](NC(=O)C2CCN(S(=O)(=O)c3ccc(Cl)cc3)CC2)c2ccccc2)cc1. The van der Waals surface area contributed by atoms with Gasteiger partial charge in [0.2, 0.25) is 15.9 Å². The van der Waals surface area contributed by atoms with Crippen molar-refractivity contribution in [2.45, 2.75) is 30.7 Å². The van der Waals surface area contributed by atoms with Crippen LogP contribution in [0.2, 0.25) is 5.02 Å². The van der Waals surface area contributed by atoms with Crippen molar-refractivity contribution in [2.75, 3.05) is 13.1 Å². The Labute approximate surface area is 200 Å². The van der Waals surface area contributed by atoms with Gasteiger partial charge in [-0.2, -0.15) is 4.31 Å². The molecule has 1 atom stereocenters. The first-order chi connectivity index (χ1) is 15.8. The second-order valence-electron chi connectivity index (χ2n) is 8.40. The van der Waals surface area contributed by atoms with Crippen LogP contribution in [0.5, 0.6) is 0 Å². The van der Waals surface area contributed by atoms with Crippen LogP contribution in [0, 0.1) is 12.8 Å². The number of hydrogen-bond donors (Lipinski definition) is 1. The van der Waals surface area contributed by atoms with E-state index in [1.165, 1.54) is 16.4 Å². The van der Waals surface area contributed by atoms with Crippen molar-refractivity contribution in [3.05, 3.63) is 101 Å². The number of carbonyl (C=O) groups is 1. The zero-order chi connectivity index (χ0) is 23.4. The molecule has 1 amide bonds. The van der Waals surface area contributed by atoms with E-state index in [1.807, 2.05) is 61.5 Å². The van der Waals surface area contributed by atoms with E-state index in [1.54, 1.807) is 12.1 Å². The predicted octanol–water partition coefficient (Wildman–Crippen LogP) is 4.95. The lowest BCUT2D eigenvalue weighted by Crippen LogP contribution is -2.43. The van der Waals surface area contributed by atoms with Crippen molar-refractivity contribution in [1.82, 2.24) is 9.62 Å². The molecule has 172 valence electrons. The Morgan fingerprint density at radius 1 is 0.909 bits per heavy atom. The van der Waals surface area contributed by atoms with Crippen molar-refractivity contribution in [3.8, 4) is 0 Å². The minimum absolute atomic E-state index is 0.0482. The van der Waals surface area contributed by atoms with Gasteiger partial charge in [-0.25, -0.2) is 8.42 Å². The van der Waals surface area contributed by atoms with Crippen molar-refractivity contribution >= 4 is 27.5 Å². The van der Waals surface area contributed by atoms with Gasteiger partial charge in [0.1, 0.15) is 0 Å². The maximum atomic E-state index is 13.2. The van der Waals surface area contributed by atoms with Gasteiger partial charge in [-0.1, -0.05) is 71.8 Å². The summed E-state index contributed by atoms with van der Waals surface area (Å²) in [5, 5.41) is 3.70. The molecule has 0 aromatic heterocycles. The van der Waals surface area contributed by atoms with Crippen molar-refractivity contribution in [3.63, 3.8) is 0 Å². The number of carbonyl (C=O) groups excluding carboxylic acids is 1. The molecule has 1 aliphatic rings. The Kier molecular flexibility index (Phi) is 7.17. The van der Waals surface area contributed by atoms with E-state index in [0.717, 1.165) is 16.7 Å². The van der Waals surface area contributed by atoms with Crippen LogP contribution >= 0.6 is 11.6 Å². The number of nitrogens with zero attached hydrogens (tertiary/aromatic N) is 1. The monoisotopic (exact) mass is 482 g/mol. The van der Waals surface area contributed by atoms with E-state index in [-0.39, 0.29) is 22.8 Å². The van der Waals surface area contributed by atoms with Crippen LogP contribution in [0.25, 0.3) is 0 Å². The topological polar surface area (TPSA) is 66.5 Å². The molecule has 1 fully saturated rings. The fourth-order valence-corrected chi connectivity index (χ4v) is 5.73. The minimum Gasteiger partial charge on any atom is -0.345 e. The van der Waals surface area contributed by atoms with Crippen LogP contribution in [-0.2, 0) is 14.8 Å². The summed E-state index contributed by atoms with van der Waals surface area (Å²) in [7, 11) is -3.60. The fraction of sp³-hybridized carbons (Fsp3) is 0.269. The average molecular weight is 483 g/mol. The summed E-state index contributed by atoms with van der Waals surface area (Å²) >= 11 is 5.89. The van der Waals surface area contributed by atoms with E-state index in [4.69, 9.17) is 11.6 Å². The number of aryl methyl sites for hydroxylation is 1. The molecule has 4 rings (SSSR count). The van der Waals surface area contributed by atoms with Gasteiger partial charge in [-0.05, 0) is 55.2 Å². The number of benzene rings is 3. The largest absolute Gasteiger partial charge is 0.345 e. The molecule has 5 nitrogen and oxygen atoms in total. The molecular formula is C26H27ClN2O3S. The number of sulfonamides is 1. The summed E-state index contributed by atoms with van der Waals surface area (Å²) in [5.74, 6) is -0.286. The van der Waals surface area contributed by atoms with Crippen molar-refractivity contribution in [1.29, 1.82) is 0 Å². The summed E-state index contributed by atoms with van der Waals surface area (Å²) in [6.07, 6.45) is 0.960. The highest BCUT2D eigenvalue weighted by molar-refractivity contribution is 7.89. The first kappa shape index (κ1) is 23.5. The number of piperidine rings is 1. The molecule has 1 heterocycles. The third-order valence-electron chi connectivity index (χ3n) is 6.11. The first-order valence-corrected chi connectivity index (χ1v) is 12.8. The van der Waals surface area contributed by atoms with Crippen LogP contribution in [0.15, 0.2) is 83.8 Å². The summed E-state index contributed by atoms with van der Waals surface area (Å²) in [5.41, 5.74) is 3.19. The number of rotatable bonds is 6. The van der Waals surface area contributed by atoms with Gasteiger partial charge < -0.3 is 5.32 Å². The Hall–Kier alpha value is -2.67. The lowest BCUT2D eigenvalue weighted by atomic mass is 9.94. The van der Waals surface area contributed by atoms with Gasteiger partial charge in [-0.15, -0.1) is 0 Å². The molecule has 3 aromatic carbocycles. The van der Waals surface area contributed by atoms with Gasteiger partial charge in [0, 0.05) is 24.0 Å². The molecule has 1 aliphatic heterocycles. The molecule has 0 unspecified atom stereocenters. The molecule has 0 aliphatic carbocycles. The van der Waals surface area contributed by atoms with E-state index >= 15 is 0 Å². The van der Waals surface area contributed by atoms with E-state index in [2.05, 4.69) is 5.32 Å². The maximum absolute atomic E-state index is 13.2. The van der Waals surface area contributed by atoms with Crippen molar-refractivity contribution in [2.24, 2.45) is 5.92 Å². The smallest absolute Gasteiger partial charge is 0.243 e. The quantitative estimate of drug-likeness (QED) is 0.540. The minimum atomic E-state index is -3.60. The molecular weight excluding hydrogens is 456 g/mol. The predicted molar refractivity (Wildman–Crippen MR) is 131 cm³/mol. The van der Waals surface area contributed by atoms with Gasteiger partial charge in [0.05, 0.1) is 10.9 Å². The first-order valence-electron chi connectivity index (χ1n) is 11.0. The third kappa shape index (κ3) is 5.46. The molecule has 33 heavy (non-hydrogen) atoms. The molecule has 1 saturated heterocycles. The highest BCUT2D eigenvalue weighted by Gasteiger charge is 2.33. The van der Waals surface area contributed by atoms with Crippen LogP contribution in [0.1, 0.15) is 35.6 Å². The van der Waals surface area contributed by atoms with Crippen LogP contribution in [0.3, 0.4) is 0 Å². The standard InChI is InChI=1S/C26H27ClN2O3S/c1-19-7-9-21(10-8-19)25(20-5-3-2-4-6-20)28-26(30)22-15-17-29(18-16-22)33(31,32)24-13-11-23(27)12-14-24/h2-14,22,25H,15-18H2,1H3,(H,28,30)/t25-/m1/s1. The molecule has 3 aromatic rings. The summed E-state index contributed by atoms with van der Waals surface area (Å²) in [6, 6.07) is 24.0. The van der Waals surface area contributed by atoms with Gasteiger partial charge in [0.25, 0.3) is 0 Å². The lowest BCUT2D eigenvalue weighted by Gasteiger charge is -2.31. The molecule has 0 radical (unpaired) electrons. The average Bonchev–Trinajstić information content (AvgIpc) is 2.84. The van der Waals surface area contributed by atoms with Crippen LogP contribution < -0.4 is 5.32 Å². The van der Waals surface area contributed by atoms with Gasteiger partial charge in [0.15, 0.2) is 0 Å². The molecule has 0 spiro atoms. The fourth-order valence-electron chi connectivity index (χ4n) is 4.14. The molecule has 7 heteroatoms. The maximum Gasteiger partial charge on any atom is 0.243 e. The van der Waals surface area contributed by atoms with Crippen LogP contribution in [-0.4, -0.2) is 31.7 Å². The number of nitrogens with one attached hydrogen (secondary N) is 1. The Morgan fingerprint density at radius 2 is 1.48 bits per heavy atom. The normalized spacial score (nSPS) is 16.3. The van der Waals surface area contributed by atoms with Gasteiger partial charge in [-0.3, -0.25) is 4.79 Å². The highest BCUT2D eigenvalue weighted by atomic mass is 35.5. The van der Waals surface area contributed by atoms with E-state index in [0.29, 0.717) is 31.0 Å².